The van der Waals surface area contributed by atoms with Crippen LogP contribution >= 0.6 is 0 Å². The van der Waals surface area contributed by atoms with E-state index in [-0.39, 0.29) is 0 Å². The first-order valence-corrected chi connectivity index (χ1v) is 10.3. The van der Waals surface area contributed by atoms with Gasteiger partial charge in [0.2, 0.25) is 0 Å². The molecular formula is C23H29N2Ti. The van der Waals surface area contributed by atoms with Crippen molar-refractivity contribution in [3.8, 4) is 0 Å². The van der Waals surface area contributed by atoms with Crippen LogP contribution in [0.1, 0.15) is 37.3 Å². The van der Waals surface area contributed by atoms with E-state index in [1.807, 2.05) is 0 Å². The van der Waals surface area contributed by atoms with Crippen LogP contribution in [0.2, 0.25) is 0 Å². The van der Waals surface area contributed by atoms with E-state index in [1.54, 1.807) is 0 Å². The summed E-state index contributed by atoms with van der Waals surface area (Å²) in [4.78, 5) is 2.24. The molecule has 2 aromatic carbocycles. The molecule has 0 N–H and O–H groups in total. The van der Waals surface area contributed by atoms with Crippen molar-refractivity contribution in [1.82, 2.24) is 8.28 Å². The molecule has 0 radical (unpaired) electrons. The number of unbranched alkanes of at least 4 members (excludes halogenated alkanes) is 1. The van der Waals surface area contributed by atoms with Crippen molar-refractivity contribution in [3.05, 3.63) is 65.3 Å². The van der Waals surface area contributed by atoms with E-state index < -0.39 is 0 Å². The first-order chi connectivity index (χ1) is 12.6. The fourth-order valence-electron chi connectivity index (χ4n) is 3.67. The Morgan fingerprint density at radius 1 is 1.04 bits per heavy atom. The molecule has 26 heavy (non-hydrogen) atoms. The number of likely N-dealkylation sites (N-methyl/N-ethyl adjacent to an activating group) is 1. The minimum absolute atomic E-state index is 1.01. The van der Waals surface area contributed by atoms with Crippen LogP contribution in [0, 0.1) is 0 Å². The zero-order chi connectivity index (χ0) is 18.5. The molecule has 2 nitrogen and oxygen atoms in total. The Bertz CT molecular complexity index is 820. The van der Waals surface area contributed by atoms with Crippen molar-refractivity contribution in [3.63, 3.8) is 0 Å². The van der Waals surface area contributed by atoms with Crippen molar-refractivity contribution in [2.45, 2.75) is 32.7 Å². The van der Waals surface area contributed by atoms with Crippen molar-refractivity contribution in [2.75, 3.05) is 27.2 Å². The van der Waals surface area contributed by atoms with E-state index in [1.165, 1.54) is 45.9 Å². The summed E-state index contributed by atoms with van der Waals surface area (Å²) in [6.07, 6.45) is 8.34. The molecule has 0 saturated heterocycles. The van der Waals surface area contributed by atoms with Crippen LogP contribution in [0.25, 0.3) is 16.3 Å². The Hall–Kier alpha value is -1.19. The zero-order valence-corrected chi connectivity index (χ0v) is 17.8. The Morgan fingerprint density at radius 2 is 1.85 bits per heavy atom. The number of nitrogens with zero attached hydrogens (tertiary/aromatic N) is 2. The molecule has 0 spiro atoms. The molecule has 3 rings (SSSR count). The fraction of sp³-hybridized carbons (Fsp3) is 0.391. The van der Waals surface area contributed by atoms with E-state index in [9.17, 15) is 0 Å². The minimum atomic E-state index is 1.01. The van der Waals surface area contributed by atoms with Crippen LogP contribution in [-0.2, 0) is 27.2 Å². The summed E-state index contributed by atoms with van der Waals surface area (Å²) in [5.74, 6) is 0. The van der Waals surface area contributed by atoms with Gasteiger partial charge in [0.1, 0.15) is 0 Å². The number of rotatable bonds is 8. The van der Waals surface area contributed by atoms with E-state index in [4.69, 9.17) is 0 Å². The molecule has 0 heterocycles. The quantitative estimate of drug-likeness (QED) is 0.582. The normalized spacial score (nSPS) is 14.3. The third kappa shape index (κ3) is 4.75. The molecule has 0 fully saturated rings. The standard InChI is InChI=1S/C23H29N2.Ti/c1-4-5-14-24-16-23-21-9-7-6-8-19(21)12-13-22(23)20-11-10-18(15-20)17-25(2)3;/h6-10,12-13,15H,4-5,11,14,16-17H2,1-3H3;/q-1;+1. The van der Waals surface area contributed by atoms with Crippen LogP contribution in [0.4, 0.5) is 0 Å². The van der Waals surface area contributed by atoms with E-state index >= 15 is 0 Å². The molecule has 0 atom stereocenters. The van der Waals surface area contributed by atoms with Gasteiger partial charge in [-0.2, -0.15) is 0 Å². The molecule has 0 aromatic heterocycles. The fourth-order valence-corrected chi connectivity index (χ4v) is 4.17. The summed E-state index contributed by atoms with van der Waals surface area (Å²) in [5.41, 5.74) is 5.81. The maximum atomic E-state index is 2.47. The van der Waals surface area contributed by atoms with Crippen molar-refractivity contribution in [2.24, 2.45) is 0 Å². The predicted molar refractivity (Wildman–Crippen MR) is 108 cm³/mol. The first kappa shape index (κ1) is 19.6. The molecule has 0 aliphatic heterocycles. The van der Waals surface area contributed by atoms with Crippen LogP contribution in [0.5, 0.6) is 0 Å². The van der Waals surface area contributed by atoms with Gasteiger partial charge in [-0.15, -0.1) is 0 Å². The summed E-state index contributed by atoms with van der Waals surface area (Å²) in [6, 6.07) is 13.4. The van der Waals surface area contributed by atoms with E-state index in [0.717, 1.165) is 26.1 Å². The molecule has 0 amide bonds. The Morgan fingerprint density at radius 3 is 2.62 bits per heavy atom. The SMILES string of the molecule is CCCC[N]([Ti])Cc1c(C2=CC(CN(C)C)=CC2)ccc2ccccc12. The summed E-state index contributed by atoms with van der Waals surface area (Å²) < 4.78 is 2.47. The topological polar surface area (TPSA) is 6.48 Å². The summed E-state index contributed by atoms with van der Waals surface area (Å²) >= 11 is 2.25. The molecule has 0 bridgehead atoms. The van der Waals surface area contributed by atoms with Gasteiger partial charge in [-0.1, -0.05) is 0 Å². The summed E-state index contributed by atoms with van der Waals surface area (Å²) in [7, 11) is 4.27. The van der Waals surface area contributed by atoms with Gasteiger partial charge >= 0.3 is 170 Å². The van der Waals surface area contributed by atoms with Gasteiger partial charge < -0.3 is 0 Å². The van der Waals surface area contributed by atoms with Crippen LogP contribution in [0.3, 0.4) is 0 Å². The molecule has 0 saturated carbocycles. The predicted octanol–water partition coefficient (Wildman–Crippen LogP) is 5.18. The number of fused-ring (bicyclic) bond motifs is 1. The number of hydrogen-bond acceptors (Lipinski definition) is 2. The Labute approximate surface area is 170 Å². The van der Waals surface area contributed by atoms with Crippen LogP contribution in [-0.4, -0.2) is 35.5 Å². The second kappa shape index (κ2) is 9.15. The van der Waals surface area contributed by atoms with Gasteiger partial charge in [0.15, 0.2) is 0 Å². The zero-order valence-electron chi connectivity index (χ0n) is 16.3. The molecule has 1 aliphatic rings. The monoisotopic (exact) mass is 381 g/mol. The molecule has 1 aliphatic carbocycles. The van der Waals surface area contributed by atoms with Crippen LogP contribution in [0.15, 0.2) is 54.1 Å². The van der Waals surface area contributed by atoms with Crippen LogP contribution < -0.4 is 0 Å². The van der Waals surface area contributed by atoms with Gasteiger partial charge in [-0.05, 0) is 0 Å². The second-order valence-electron chi connectivity index (χ2n) is 7.48. The van der Waals surface area contributed by atoms with Gasteiger partial charge in [0, 0.05) is 0 Å². The Balaban J connectivity index is 1.96. The van der Waals surface area contributed by atoms with Crippen molar-refractivity contribution in [1.29, 1.82) is 0 Å². The number of allylic oxidation sites excluding steroid dienone is 2. The molecule has 0 unspecified atom stereocenters. The molecular weight excluding hydrogens is 352 g/mol. The van der Waals surface area contributed by atoms with Crippen molar-refractivity contribution < 1.29 is 20.7 Å². The third-order valence-corrected chi connectivity index (χ3v) is 5.56. The number of benzene rings is 2. The van der Waals surface area contributed by atoms with Gasteiger partial charge in [0.25, 0.3) is 0 Å². The van der Waals surface area contributed by atoms with Crippen molar-refractivity contribution >= 4 is 16.3 Å². The van der Waals surface area contributed by atoms with Gasteiger partial charge in [-0.3, -0.25) is 0 Å². The number of hydrogen-bond donors (Lipinski definition) is 0. The molecule has 3 heteroatoms. The average Bonchev–Trinajstić information content (AvgIpc) is 3.07. The third-order valence-electron chi connectivity index (χ3n) is 4.96. The Kier molecular flexibility index (Phi) is 6.88. The van der Waals surface area contributed by atoms with Gasteiger partial charge in [0.05, 0.1) is 0 Å². The first-order valence-electron chi connectivity index (χ1n) is 9.60. The summed E-state index contributed by atoms with van der Waals surface area (Å²) in [6.45, 7) is 5.45. The van der Waals surface area contributed by atoms with E-state index in [2.05, 4.69) is 98.5 Å². The second-order valence-corrected chi connectivity index (χ2v) is 8.47. The molecule has 135 valence electrons. The molecule has 2 aromatic rings. The van der Waals surface area contributed by atoms with Gasteiger partial charge in [-0.25, -0.2) is 0 Å². The summed E-state index contributed by atoms with van der Waals surface area (Å²) in [5, 5.41) is 2.74. The average molecular weight is 381 g/mol. The maximum absolute atomic E-state index is 2.47. The van der Waals surface area contributed by atoms with E-state index in [0.29, 0.717) is 0 Å².